The number of anilines is 1. The Morgan fingerprint density at radius 3 is 2.48 bits per heavy atom. The largest absolute Gasteiger partial charge is 0.370 e. The summed E-state index contributed by atoms with van der Waals surface area (Å²) in [7, 11) is 2.15. The number of halogens is 1. The van der Waals surface area contributed by atoms with Gasteiger partial charge < -0.3 is 10.2 Å². The molecule has 1 N–H and O–H groups in total. The van der Waals surface area contributed by atoms with Gasteiger partial charge in [0, 0.05) is 36.3 Å². The van der Waals surface area contributed by atoms with Crippen LogP contribution in [0.4, 0.5) is 5.69 Å². The summed E-state index contributed by atoms with van der Waals surface area (Å²) >= 11 is 3.58. The zero-order valence-electron chi connectivity index (χ0n) is 12.9. The van der Waals surface area contributed by atoms with Crippen LogP contribution in [0.5, 0.6) is 0 Å². The molecule has 0 aliphatic rings. The maximum atomic E-state index is 3.58. The number of hydrogen-bond acceptors (Lipinski definition) is 2. The van der Waals surface area contributed by atoms with Crippen LogP contribution in [0.2, 0.25) is 0 Å². The molecule has 0 radical (unpaired) electrons. The molecule has 0 saturated heterocycles. The number of nitrogens with zero attached hydrogens (tertiary/aromatic N) is 1. The van der Waals surface area contributed by atoms with Crippen LogP contribution in [0.15, 0.2) is 53.0 Å². The maximum Gasteiger partial charge on any atom is 0.0426 e. The number of rotatable bonds is 6. The molecular formula is C18H23BrN2. The first-order valence-electron chi connectivity index (χ1n) is 7.33. The molecule has 21 heavy (non-hydrogen) atoms. The Hall–Kier alpha value is -1.32. The molecule has 0 amide bonds. The predicted octanol–water partition coefficient (Wildman–Crippen LogP) is 4.58. The Morgan fingerprint density at radius 2 is 1.81 bits per heavy atom. The van der Waals surface area contributed by atoms with Crippen molar-refractivity contribution in [2.45, 2.75) is 33.0 Å². The van der Waals surface area contributed by atoms with Crippen LogP contribution >= 0.6 is 15.9 Å². The molecule has 2 aromatic carbocycles. The zero-order valence-corrected chi connectivity index (χ0v) is 14.5. The van der Waals surface area contributed by atoms with E-state index in [4.69, 9.17) is 0 Å². The molecule has 2 nitrogen and oxygen atoms in total. The average Bonchev–Trinajstić information content (AvgIpc) is 2.46. The molecule has 0 bridgehead atoms. The third-order valence-corrected chi connectivity index (χ3v) is 3.92. The lowest BCUT2D eigenvalue weighted by Crippen LogP contribution is -2.24. The van der Waals surface area contributed by atoms with Gasteiger partial charge in [-0.25, -0.2) is 0 Å². The van der Waals surface area contributed by atoms with Crippen LogP contribution in [0.3, 0.4) is 0 Å². The van der Waals surface area contributed by atoms with Crippen molar-refractivity contribution in [3.8, 4) is 0 Å². The normalized spacial score (nSPS) is 10.9. The standard InChI is InChI=1S/C18H23BrN2/c1-14(2)20-12-16-9-10-17(19)11-18(16)21(3)13-15-7-5-4-6-8-15/h4-11,14,20H,12-13H2,1-3H3. The quantitative estimate of drug-likeness (QED) is 0.823. The molecule has 0 aromatic heterocycles. The van der Waals surface area contributed by atoms with Crippen LogP contribution in [0, 0.1) is 0 Å². The van der Waals surface area contributed by atoms with E-state index in [-0.39, 0.29) is 0 Å². The van der Waals surface area contributed by atoms with Crippen LogP contribution in [-0.2, 0) is 13.1 Å². The molecule has 2 aromatic rings. The molecule has 2 rings (SSSR count). The summed E-state index contributed by atoms with van der Waals surface area (Å²) in [5, 5.41) is 3.50. The van der Waals surface area contributed by atoms with Gasteiger partial charge in [-0.1, -0.05) is 66.2 Å². The SMILES string of the molecule is CC(C)NCc1ccc(Br)cc1N(C)Cc1ccccc1. The lowest BCUT2D eigenvalue weighted by molar-refractivity contribution is 0.588. The minimum absolute atomic E-state index is 0.487. The van der Waals surface area contributed by atoms with Crippen molar-refractivity contribution in [2.75, 3.05) is 11.9 Å². The fourth-order valence-electron chi connectivity index (χ4n) is 2.30. The van der Waals surface area contributed by atoms with Gasteiger partial charge in [0.25, 0.3) is 0 Å². The monoisotopic (exact) mass is 346 g/mol. The van der Waals surface area contributed by atoms with E-state index in [9.17, 15) is 0 Å². The highest BCUT2D eigenvalue weighted by atomic mass is 79.9. The third kappa shape index (κ3) is 4.87. The topological polar surface area (TPSA) is 15.3 Å². The zero-order chi connectivity index (χ0) is 15.2. The summed E-state index contributed by atoms with van der Waals surface area (Å²) in [6, 6.07) is 17.5. The van der Waals surface area contributed by atoms with Crippen LogP contribution < -0.4 is 10.2 Å². The second-order valence-electron chi connectivity index (χ2n) is 5.65. The lowest BCUT2D eigenvalue weighted by atomic mass is 10.1. The molecule has 3 heteroatoms. The molecule has 0 aliphatic carbocycles. The van der Waals surface area contributed by atoms with E-state index >= 15 is 0 Å². The summed E-state index contributed by atoms with van der Waals surface area (Å²) in [5.74, 6) is 0. The summed E-state index contributed by atoms with van der Waals surface area (Å²) in [6.07, 6.45) is 0. The third-order valence-electron chi connectivity index (χ3n) is 3.42. The van der Waals surface area contributed by atoms with Gasteiger partial charge in [-0.05, 0) is 23.3 Å². The van der Waals surface area contributed by atoms with E-state index in [1.165, 1.54) is 16.8 Å². The van der Waals surface area contributed by atoms with Gasteiger partial charge in [0.2, 0.25) is 0 Å². The molecule has 0 aliphatic heterocycles. The highest BCUT2D eigenvalue weighted by molar-refractivity contribution is 9.10. The number of hydrogen-bond donors (Lipinski definition) is 1. The van der Waals surface area contributed by atoms with E-state index in [0.29, 0.717) is 6.04 Å². The average molecular weight is 347 g/mol. The van der Waals surface area contributed by atoms with Gasteiger partial charge in [-0.3, -0.25) is 0 Å². The second kappa shape index (κ2) is 7.62. The minimum atomic E-state index is 0.487. The molecular weight excluding hydrogens is 324 g/mol. The molecule has 0 heterocycles. The first kappa shape index (κ1) is 16.1. The molecule has 0 saturated carbocycles. The molecule has 0 fully saturated rings. The Balaban J connectivity index is 2.18. The molecule has 0 unspecified atom stereocenters. The number of nitrogens with one attached hydrogen (secondary N) is 1. The Kier molecular flexibility index (Phi) is 5.83. The van der Waals surface area contributed by atoms with Crippen molar-refractivity contribution in [1.82, 2.24) is 5.32 Å². The van der Waals surface area contributed by atoms with Crippen molar-refractivity contribution in [2.24, 2.45) is 0 Å². The van der Waals surface area contributed by atoms with Crippen molar-refractivity contribution in [3.63, 3.8) is 0 Å². The summed E-state index contributed by atoms with van der Waals surface area (Å²) in [5.41, 5.74) is 3.91. The van der Waals surface area contributed by atoms with E-state index in [0.717, 1.165) is 17.6 Å². The summed E-state index contributed by atoms with van der Waals surface area (Å²) in [6.45, 7) is 6.14. The van der Waals surface area contributed by atoms with Gasteiger partial charge >= 0.3 is 0 Å². The van der Waals surface area contributed by atoms with E-state index < -0.39 is 0 Å². The van der Waals surface area contributed by atoms with Crippen molar-refractivity contribution in [3.05, 3.63) is 64.1 Å². The van der Waals surface area contributed by atoms with Crippen molar-refractivity contribution >= 4 is 21.6 Å². The van der Waals surface area contributed by atoms with Crippen LogP contribution in [0.1, 0.15) is 25.0 Å². The van der Waals surface area contributed by atoms with Crippen LogP contribution in [0.25, 0.3) is 0 Å². The van der Waals surface area contributed by atoms with Crippen molar-refractivity contribution in [1.29, 1.82) is 0 Å². The smallest absolute Gasteiger partial charge is 0.0426 e. The van der Waals surface area contributed by atoms with Crippen LogP contribution in [-0.4, -0.2) is 13.1 Å². The fourth-order valence-corrected chi connectivity index (χ4v) is 2.65. The van der Waals surface area contributed by atoms with Gasteiger partial charge in [-0.2, -0.15) is 0 Å². The highest BCUT2D eigenvalue weighted by Gasteiger charge is 2.09. The molecule has 0 spiro atoms. The van der Waals surface area contributed by atoms with Gasteiger partial charge in [0.15, 0.2) is 0 Å². The lowest BCUT2D eigenvalue weighted by Gasteiger charge is -2.24. The summed E-state index contributed by atoms with van der Waals surface area (Å²) < 4.78 is 1.12. The van der Waals surface area contributed by atoms with Crippen molar-refractivity contribution < 1.29 is 0 Å². The van der Waals surface area contributed by atoms with Gasteiger partial charge in [-0.15, -0.1) is 0 Å². The predicted molar refractivity (Wildman–Crippen MR) is 94.7 cm³/mol. The van der Waals surface area contributed by atoms with Gasteiger partial charge in [0.1, 0.15) is 0 Å². The fraction of sp³-hybridized carbons (Fsp3) is 0.333. The Morgan fingerprint density at radius 1 is 1.10 bits per heavy atom. The maximum absolute atomic E-state index is 3.58. The summed E-state index contributed by atoms with van der Waals surface area (Å²) in [4.78, 5) is 2.30. The van der Waals surface area contributed by atoms with E-state index in [2.05, 4.69) is 95.6 Å². The Labute approximate surface area is 136 Å². The Bertz CT molecular complexity index is 567. The van der Waals surface area contributed by atoms with E-state index in [1.54, 1.807) is 0 Å². The second-order valence-corrected chi connectivity index (χ2v) is 6.57. The minimum Gasteiger partial charge on any atom is -0.370 e. The molecule has 112 valence electrons. The molecule has 0 atom stereocenters. The van der Waals surface area contributed by atoms with Gasteiger partial charge in [0.05, 0.1) is 0 Å². The highest BCUT2D eigenvalue weighted by Crippen LogP contribution is 2.25. The first-order valence-corrected chi connectivity index (χ1v) is 8.12. The van der Waals surface area contributed by atoms with E-state index in [1.807, 2.05) is 0 Å². The first-order chi connectivity index (χ1) is 10.1. The number of benzene rings is 2.